The summed E-state index contributed by atoms with van der Waals surface area (Å²) in [6.07, 6.45) is 0.365. The molecule has 23 heavy (non-hydrogen) atoms. The van der Waals surface area contributed by atoms with Gasteiger partial charge in [-0.05, 0) is 19.4 Å². The molecule has 0 unspecified atom stereocenters. The second-order valence-corrected chi connectivity index (χ2v) is 7.89. The van der Waals surface area contributed by atoms with Crippen molar-refractivity contribution in [1.29, 1.82) is 5.26 Å². The van der Waals surface area contributed by atoms with Gasteiger partial charge in [0.15, 0.2) is 4.96 Å². The van der Waals surface area contributed by atoms with Crippen molar-refractivity contribution in [2.75, 3.05) is 0 Å². The van der Waals surface area contributed by atoms with Crippen LogP contribution in [-0.2, 0) is 11.8 Å². The molecule has 3 nitrogen and oxygen atoms in total. The minimum atomic E-state index is 0.0166. The Labute approximate surface area is 141 Å². The van der Waals surface area contributed by atoms with E-state index in [9.17, 15) is 5.26 Å². The minimum absolute atomic E-state index is 0.0166. The van der Waals surface area contributed by atoms with Gasteiger partial charge in [-0.3, -0.25) is 4.40 Å². The maximum Gasteiger partial charge on any atom is 0.194 e. The summed E-state index contributed by atoms with van der Waals surface area (Å²) in [4.78, 5) is 5.82. The van der Waals surface area contributed by atoms with Crippen LogP contribution in [0.4, 0.5) is 0 Å². The number of aryl methyl sites for hydroxylation is 2. The van der Waals surface area contributed by atoms with E-state index in [-0.39, 0.29) is 5.41 Å². The standard InChI is InChI=1S/C19H21N3S/c1-12-6-7-14(13(2)10-12)17-15(8-9-20)22-16(19(3,4)5)11-23-18(22)21-17/h6-7,10-11H,8H2,1-5H3. The molecule has 0 amide bonds. The highest BCUT2D eigenvalue weighted by Crippen LogP contribution is 2.34. The monoisotopic (exact) mass is 323 g/mol. The van der Waals surface area contributed by atoms with E-state index in [4.69, 9.17) is 4.98 Å². The summed E-state index contributed by atoms with van der Waals surface area (Å²) in [5, 5.41) is 11.5. The Bertz CT molecular complexity index is 917. The molecule has 0 N–H and O–H groups in total. The summed E-state index contributed by atoms with van der Waals surface area (Å²) in [7, 11) is 0. The number of nitriles is 1. The summed E-state index contributed by atoms with van der Waals surface area (Å²) in [6, 6.07) is 8.71. The molecule has 0 saturated carbocycles. The van der Waals surface area contributed by atoms with Crippen molar-refractivity contribution in [1.82, 2.24) is 9.38 Å². The Morgan fingerprint density at radius 1 is 1.26 bits per heavy atom. The fourth-order valence-electron chi connectivity index (χ4n) is 2.97. The quantitative estimate of drug-likeness (QED) is 0.662. The van der Waals surface area contributed by atoms with E-state index in [2.05, 4.69) is 68.7 Å². The predicted octanol–water partition coefficient (Wildman–Crippen LogP) is 5.04. The van der Waals surface area contributed by atoms with E-state index in [0.29, 0.717) is 6.42 Å². The van der Waals surface area contributed by atoms with Gasteiger partial charge in [0.2, 0.25) is 0 Å². The zero-order valence-electron chi connectivity index (χ0n) is 14.3. The number of rotatable bonds is 2. The predicted molar refractivity (Wildman–Crippen MR) is 96.0 cm³/mol. The van der Waals surface area contributed by atoms with Gasteiger partial charge in [-0.1, -0.05) is 44.5 Å². The van der Waals surface area contributed by atoms with E-state index in [1.165, 1.54) is 16.8 Å². The minimum Gasteiger partial charge on any atom is -0.289 e. The summed E-state index contributed by atoms with van der Waals surface area (Å²) >= 11 is 1.65. The molecule has 3 rings (SSSR count). The number of aromatic nitrogens is 2. The van der Waals surface area contributed by atoms with E-state index in [0.717, 1.165) is 21.9 Å². The third kappa shape index (κ3) is 2.66. The lowest BCUT2D eigenvalue weighted by Crippen LogP contribution is -2.15. The lowest BCUT2D eigenvalue weighted by molar-refractivity contribution is 0.562. The van der Waals surface area contributed by atoms with Crippen molar-refractivity contribution in [2.24, 2.45) is 0 Å². The van der Waals surface area contributed by atoms with Gasteiger partial charge in [0.1, 0.15) is 0 Å². The molecule has 1 aromatic carbocycles. The van der Waals surface area contributed by atoms with Crippen LogP contribution in [0.15, 0.2) is 23.6 Å². The summed E-state index contributed by atoms with van der Waals surface area (Å²) < 4.78 is 2.18. The second-order valence-electron chi connectivity index (χ2n) is 7.05. The number of fused-ring (bicyclic) bond motifs is 1. The first-order chi connectivity index (χ1) is 10.8. The fourth-order valence-corrected chi connectivity index (χ4v) is 4.10. The van der Waals surface area contributed by atoms with Crippen molar-refractivity contribution in [3.05, 3.63) is 46.1 Å². The molecule has 0 radical (unpaired) electrons. The van der Waals surface area contributed by atoms with E-state index in [1.54, 1.807) is 11.3 Å². The van der Waals surface area contributed by atoms with E-state index < -0.39 is 0 Å². The van der Waals surface area contributed by atoms with Crippen LogP contribution >= 0.6 is 11.3 Å². The van der Waals surface area contributed by atoms with Crippen LogP contribution in [0, 0.1) is 25.2 Å². The van der Waals surface area contributed by atoms with Crippen molar-refractivity contribution in [3.8, 4) is 17.3 Å². The van der Waals surface area contributed by atoms with Crippen LogP contribution in [0.3, 0.4) is 0 Å². The van der Waals surface area contributed by atoms with E-state index >= 15 is 0 Å². The van der Waals surface area contributed by atoms with Gasteiger partial charge in [0.05, 0.1) is 23.9 Å². The normalized spacial score (nSPS) is 11.8. The first-order valence-corrected chi connectivity index (χ1v) is 8.64. The number of nitrogens with zero attached hydrogens (tertiary/aromatic N) is 3. The number of imidazole rings is 1. The maximum atomic E-state index is 9.33. The Morgan fingerprint density at radius 3 is 2.61 bits per heavy atom. The molecule has 118 valence electrons. The van der Waals surface area contributed by atoms with Gasteiger partial charge in [-0.15, -0.1) is 11.3 Å². The Morgan fingerprint density at radius 2 is 2.00 bits per heavy atom. The summed E-state index contributed by atoms with van der Waals surface area (Å²) in [5.41, 5.74) is 6.74. The number of hydrogen-bond acceptors (Lipinski definition) is 3. The van der Waals surface area contributed by atoms with Gasteiger partial charge in [-0.25, -0.2) is 4.98 Å². The molecular formula is C19H21N3S. The Balaban J connectivity index is 2.32. The SMILES string of the molecule is Cc1ccc(-c2nc3scc(C(C)(C)C)n3c2CC#N)c(C)c1. The third-order valence-electron chi connectivity index (χ3n) is 4.11. The van der Waals surface area contributed by atoms with Gasteiger partial charge in [-0.2, -0.15) is 5.26 Å². The third-order valence-corrected chi connectivity index (χ3v) is 4.94. The van der Waals surface area contributed by atoms with Crippen LogP contribution in [-0.4, -0.2) is 9.38 Å². The highest BCUT2D eigenvalue weighted by Gasteiger charge is 2.24. The van der Waals surface area contributed by atoms with Gasteiger partial charge in [0.25, 0.3) is 0 Å². The van der Waals surface area contributed by atoms with Crippen LogP contribution in [0.2, 0.25) is 0 Å². The van der Waals surface area contributed by atoms with Gasteiger partial charge in [0, 0.05) is 22.1 Å². The average molecular weight is 323 g/mol. The first-order valence-electron chi connectivity index (χ1n) is 7.77. The highest BCUT2D eigenvalue weighted by molar-refractivity contribution is 7.15. The lowest BCUT2D eigenvalue weighted by atomic mass is 9.93. The largest absolute Gasteiger partial charge is 0.289 e. The molecule has 0 atom stereocenters. The van der Waals surface area contributed by atoms with Crippen molar-refractivity contribution >= 4 is 16.3 Å². The summed E-state index contributed by atoms with van der Waals surface area (Å²) in [5.74, 6) is 0. The Hall–Kier alpha value is -2.12. The van der Waals surface area contributed by atoms with Crippen LogP contribution in [0.1, 0.15) is 43.3 Å². The molecule has 0 spiro atoms. The fraction of sp³-hybridized carbons (Fsp3) is 0.368. The number of hydrogen-bond donors (Lipinski definition) is 0. The molecule has 0 bridgehead atoms. The molecule has 0 saturated heterocycles. The molecular weight excluding hydrogens is 302 g/mol. The van der Waals surface area contributed by atoms with Gasteiger partial charge < -0.3 is 0 Å². The van der Waals surface area contributed by atoms with Crippen molar-refractivity contribution in [2.45, 2.75) is 46.5 Å². The first kappa shape index (κ1) is 15.8. The Kier molecular flexibility index (Phi) is 3.77. The molecule has 0 aliphatic carbocycles. The number of thiazole rings is 1. The topological polar surface area (TPSA) is 41.1 Å². The molecule has 2 aromatic heterocycles. The summed E-state index contributed by atoms with van der Waals surface area (Å²) in [6.45, 7) is 10.8. The molecule has 0 fully saturated rings. The van der Waals surface area contributed by atoms with Crippen molar-refractivity contribution < 1.29 is 0 Å². The van der Waals surface area contributed by atoms with Crippen LogP contribution in [0.5, 0.6) is 0 Å². The average Bonchev–Trinajstić information content (AvgIpc) is 2.99. The molecule has 3 aromatic rings. The lowest BCUT2D eigenvalue weighted by Gasteiger charge is -2.18. The van der Waals surface area contributed by atoms with Crippen molar-refractivity contribution in [3.63, 3.8) is 0 Å². The molecule has 2 heterocycles. The van der Waals surface area contributed by atoms with Crippen LogP contribution < -0.4 is 0 Å². The molecule has 0 aliphatic rings. The molecule has 4 heteroatoms. The number of benzene rings is 1. The molecule has 0 aliphatic heterocycles. The highest BCUT2D eigenvalue weighted by atomic mass is 32.1. The van der Waals surface area contributed by atoms with Crippen LogP contribution in [0.25, 0.3) is 16.2 Å². The zero-order chi connectivity index (χ0) is 16.8. The smallest absolute Gasteiger partial charge is 0.194 e. The van der Waals surface area contributed by atoms with Gasteiger partial charge >= 0.3 is 0 Å². The zero-order valence-corrected chi connectivity index (χ0v) is 15.1. The van der Waals surface area contributed by atoms with E-state index in [1.807, 2.05) is 0 Å². The second kappa shape index (κ2) is 5.50. The maximum absolute atomic E-state index is 9.33.